The van der Waals surface area contributed by atoms with Gasteiger partial charge in [-0.3, -0.25) is 4.79 Å². The van der Waals surface area contributed by atoms with Crippen LogP contribution < -0.4 is 5.32 Å². The van der Waals surface area contributed by atoms with E-state index in [2.05, 4.69) is 30.4 Å². The number of benzene rings is 2. The number of Topliss-reactive ketones (excluding diaryl/α,β-unsaturated/α-hetero) is 1. The Morgan fingerprint density at radius 1 is 1.00 bits per heavy atom. The molecule has 114 valence electrons. The molecule has 1 N–H and O–H groups in total. The van der Waals surface area contributed by atoms with Crippen LogP contribution in [-0.2, 0) is 0 Å². The largest absolute Gasteiger partial charge is 0.381 e. The molecule has 0 saturated carbocycles. The SMILES string of the molecule is C/C(=C\NC(C)C(=O)c1cccc(C)c1)c1cccc(C)c1. The molecule has 0 aliphatic carbocycles. The van der Waals surface area contributed by atoms with E-state index in [0.717, 1.165) is 16.7 Å². The molecular formula is C20H23NO. The van der Waals surface area contributed by atoms with E-state index < -0.39 is 0 Å². The van der Waals surface area contributed by atoms with Gasteiger partial charge in [0, 0.05) is 11.8 Å². The standard InChI is InChI=1S/C20H23NO/c1-14-7-5-9-18(11-14)16(3)13-21-17(4)20(22)19-10-6-8-15(2)12-19/h5-13,17,21H,1-4H3/b16-13+. The minimum Gasteiger partial charge on any atom is -0.381 e. The highest BCUT2D eigenvalue weighted by atomic mass is 16.1. The van der Waals surface area contributed by atoms with E-state index in [0.29, 0.717) is 0 Å². The van der Waals surface area contributed by atoms with Gasteiger partial charge in [0.2, 0.25) is 0 Å². The van der Waals surface area contributed by atoms with Crippen LogP contribution in [0, 0.1) is 13.8 Å². The molecule has 0 aliphatic heterocycles. The summed E-state index contributed by atoms with van der Waals surface area (Å²) < 4.78 is 0. The van der Waals surface area contributed by atoms with Crippen LogP contribution in [0.5, 0.6) is 0 Å². The summed E-state index contributed by atoms with van der Waals surface area (Å²) in [7, 11) is 0. The second-order valence-electron chi connectivity index (χ2n) is 5.82. The molecule has 2 nitrogen and oxygen atoms in total. The normalized spacial score (nSPS) is 12.8. The molecule has 0 heterocycles. The summed E-state index contributed by atoms with van der Waals surface area (Å²) >= 11 is 0. The number of carbonyl (C=O) groups is 1. The van der Waals surface area contributed by atoms with Crippen molar-refractivity contribution < 1.29 is 4.79 Å². The third-order valence-electron chi connectivity index (χ3n) is 3.72. The van der Waals surface area contributed by atoms with Crippen molar-refractivity contribution >= 4 is 11.4 Å². The lowest BCUT2D eigenvalue weighted by Gasteiger charge is -2.12. The second-order valence-corrected chi connectivity index (χ2v) is 5.82. The minimum absolute atomic E-state index is 0.108. The topological polar surface area (TPSA) is 29.1 Å². The van der Waals surface area contributed by atoms with Gasteiger partial charge in [-0.05, 0) is 44.9 Å². The van der Waals surface area contributed by atoms with Crippen molar-refractivity contribution in [3.8, 4) is 0 Å². The predicted octanol–water partition coefficient (Wildman–Crippen LogP) is 4.53. The first kappa shape index (κ1) is 16.0. The van der Waals surface area contributed by atoms with Gasteiger partial charge in [-0.1, -0.05) is 53.6 Å². The quantitative estimate of drug-likeness (QED) is 0.821. The molecule has 0 spiro atoms. The Hall–Kier alpha value is -2.35. The maximum Gasteiger partial charge on any atom is 0.184 e. The summed E-state index contributed by atoms with van der Waals surface area (Å²) in [5.74, 6) is 0.108. The van der Waals surface area contributed by atoms with Crippen molar-refractivity contribution in [3.05, 3.63) is 77.0 Å². The van der Waals surface area contributed by atoms with Gasteiger partial charge in [0.15, 0.2) is 5.78 Å². The van der Waals surface area contributed by atoms with Crippen molar-refractivity contribution in [2.24, 2.45) is 0 Å². The molecule has 0 aromatic heterocycles. The van der Waals surface area contributed by atoms with Gasteiger partial charge < -0.3 is 5.32 Å². The molecular weight excluding hydrogens is 270 g/mol. The maximum atomic E-state index is 12.4. The van der Waals surface area contributed by atoms with Crippen LogP contribution in [-0.4, -0.2) is 11.8 Å². The molecule has 2 rings (SSSR count). The zero-order chi connectivity index (χ0) is 16.1. The van der Waals surface area contributed by atoms with Gasteiger partial charge in [0.25, 0.3) is 0 Å². The average Bonchev–Trinajstić information content (AvgIpc) is 2.51. The number of carbonyl (C=O) groups excluding carboxylic acids is 1. The molecule has 0 aliphatic rings. The van der Waals surface area contributed by atoms with Crippen LogP contribution in [0.15, 0.2) is 54.7 Å². The molecule has 1 atom stereocenters. The Morgan fingerprint density at radius 2 is 1.55 bits per heavy atom. The lowest BCUT2D eigenvalue weighted by Crippen LogP contribution is -2.30. The highest BCUT2D eigenvalue weighted by molar-refractivity contribution is 6.00. The van der Waals surface area contributed by atoms with E-state index in [1.807, 2.05) is 57.3 Å². The molecule has 0 radical (unpaired) electrons. The van der Waals surface area contributed by atoms with Gasteiger partial charge in [-0.25, -0.2) is 0 Å². The maximum absolute atomic E-state index is 12.4. The van der Waals surface area contributed by atoms with Crippen LogP contribution in [0.3, 0.4) is 0 Å². The monoisotopic (exact) mass is 293 g/mol. The van der Waals surface area contributed by atoms with Crippen molar-refractivity contribution in [1.82, 2.24) is 5.32 Å². The number of allylic oxidation sites excluding steroid dienone is 1. The van der Waals surface area contributed by atoms with Gasteiger partial charge in [-0.2, -0.15) is 0 Å². The van der Waals surface area contributed by atoms with Crippen molar-refractivity contribution in [2.45, 2.75) is 33.7 Å². The van der Waals surface area contributed by atoms with Gasteiger partial charge >= 0.3 is 0 Å². The van der Waals surface area contributed by atoms with Gasteiger partial charge in [0.1, 0.15) is 0 Å². The summed E-state index contributed by atoms with van der Waals surface area (Å²) in [6, 6.07) is 15.8. The summed E-state index contributed by atoms with van der Waals surface area (Å²) in [6.45, 7) is 8.01. The van der Waals surface area contributed by atoms with E-state index in [4.69, 9.17) is 0 Å². The first-order valence-electron chi connectivity index (χ1n) is 7.58. The average molecular weight is 293 g/mol. The number of hydrogen-bond acceptors (Lipinski definition) is 2. The smallest absolute Gasteiger partial charge is 0.184 e. The Morgan fingerprint density at radius 3 is 2.14 bits per heavy atom. The fourth-order valence-electron chi connectivity index (χ4n) is 2.35. The van der Waals surface area contributed by atoms with Crippen LogP contribution in [0.4, 0.5) is 0 Å². The van der Waals surface area contributed by atoms with Gasteiger partial charge in [-0.15, -0.1) is 0 Å². The number of ketones is 1. The Labute approximate surface area is 132 Å². The molecule has 0 amide bonds. The Kier molecular flexibility index (Phi) is 5.16. The van der Waals surface area contributed by atoms with E-state index in [1.165, 1.54) is 11.1 Å². The van der Waals surface area contributed by atoms with E-state index in [-0.39, 0.29) is 11.8 Å². The Bertz CT molecular complexity index is 700. The number of hydrogen-bond donors (Lipinski definition) is 1. The van der Waals surface area contributed by atoms with Crippen LogP contribution in [0.2, 0.25) is 0 Å². The lowest BCUT2D eigenvalue weighted by atomic mass is 10.0. The first-order valence-corrected chi connectivity index (χ1v) is 7.58. The fourth-order valence-corrected chi connectivity index (χ4v) is 2.35. The van der Waals surface area contributed by atoms with Crippen LogP contribution in [0.25, 0.3) is 5.57 Å². The molecule has 1 unspecified atom stereocenters. The third-order valence-corrected chi connectivity index (χ3v) is 3.72. The molecule has 0 bridgehead atoms. The second kappa shape index (κ2) is 7.08. The van der Waals surface area contributed by atoms with Gasteiger partial charge in [0.05, 0.1) is 6.04 Å². The Balaban J connectivity index is 2.07. The number of aryl methyl sites for hydroxylation is 2. The zero-order valence-electron chi connectivity index (χ0n) is 13.7. The summed E-state index contributed by atoms with van der Waals surface area (Å²) in [5.41, 5.74) is 5.37. The molecule has 2 aromatic rings. The van der Waals surface area contributed by atoms with Crippen molar-refractivity contribution in [3.63, 3.8) is 0 Å². The highest BCUT2D eigenvalue weighted by Gasteiger charge is 2.13. The molecule has 2 heteroatoms. The third kappa shape index (κ3) is 4.08. The number of nitrogens with one attached hydrogen (secondary N) is 1. The zero-order valence-corrected chi connectivity index (χ0v) is 13.7. The first-order chi connectivity index (χ1) is 10.5. The molecule has 0 fully saturated rings. The lowest BCUT2D eigenvalue weighted by molar-refractivity contribution is 0.0957. The van der Waals surface area contributed by atoms with Crippen LogP contribution in [0.1, 0.15) is 40.9 Å². The molecule has 0 saturated heterocycles. The summed E-state index contributed by atoms with van der Waals surface area (Å²) in [4.78, 5) is 12.4. The number of rotatable bonds is 5. The van der Waals surface area contributed by atoms with Crippen molar-refractivity contribution in [2.75, 3.05) is 0 Å². The van der Waals surface area contributed by atoms with Crippen LogP contribution >= 0.6 is 0 Å². The summed E-state index contributed by atoms with van der Waals surface area (Å²) in [5, 5.41) is 3.21. The highest BCUT2D eigenvalue weighted by Crippen LogP contribution is 2.14. The predicted molar refractivity (Wildman–Crippen MR) is 92.9 cm³/mol. The van der Waals surface area contributed by atoms with E-state index in [9.17, 15) is 4.79 Å². The fraction of sp³-hybridized carbons (Fsp3) is 0.250. The molecule has 22 heavy (non-hydrogen) atoms. The van der Waals surface area contributed by atoms with E-state index in [1.54, 1.807) is 0 Å². The van der Waals surface area contributed by atoms with E-state index >= 15 is 0 Å². The minimum atomic E-state index is -0.249. The summed E-state index contributed by atoms with van der Waals surface area (Å²) in [6.07, 6.45) is 1.92. The van der Waals surface area contributed by atoms with Crippen molar-refractivity contribution in [1.29, 1.82) is 0 Å². The molecule has 2 aromatic carbocycles.